The van der Waals surface area contributed by atoms with E-state index in [1.165, 1.54) is 24.5 Å². The summed E-state index contributed by atoms with van der Waals surface area (Å²) in [7, 11) is 0. The molecule has 0 atom stereocenters. The van der Waals surface area contributed by atoms with Crippen molar-refractivity contribution in [1.29, 1.82) is 0 Å². The fraction of sp³-hybridized carbons (Fsp3) is 0.125. The molecule has 3 N–H and O–H groups in total. The van der Waals surface area contributed by atoms with E-state index in [1.807, 2.05) is 0 Å². The Balaban J connectivity index is 1.90. The number of anilines is 1. The highest BCUT2D eigenvalue weighted by atomic mass is 19.3. The topological polar surface area (TPSA) is 87.2 Å². The Morgan fingerprint density at radius 1 is 1.38 bits per heavy atom. The third-order valence-electron chi connectivity index (χ3n) is 3.41. The Kier molecular flexibility index (Phi) is 4.39. The molecule has 1 aromatic carbocycles. The number of aliphatic hydroxyl groups is 1. The second-order valence-electron chi connectivity index (χ2n) is 4.92. The van der Waals surface area contributed by atoms with E-state index in [0.29, 0.717) is 22.2 Å². The molecule has 0 aliphatic rings. The van der Waals surface area contributed by atoms with E-state index in [2.05, 4.69) is 20.0 Å². The van der Waals surface area contributed by atoms with Crippen LogP contribution in [-0.2, 0) is 6.61 Å². The first-order valence-electron chi connectivity index (χ1n) is 7.00. The molecule has 0 bridgehead atoms. The summed E-state index contributed by atoms with van der Waals surface area (Å²) in [6.45, 7) is -3.21. The maximum absolute atomic E-state index is 12.4. The maximum Gasteiger partial charge on any atom is 0.387 e. The van der Waals surface area contributed by atoms with Crippen molar-refractivity contribution in [2.75, 3.05) is 5.32 Å². The molecular formula is C16H13F2N3O3. The molecule has 0 spiro atoms. The van der Waals surface area contributed by atoms with E-state index in [9.17, 15) is 18.7 Å². The monoisotopic (exact) mass is 333 g/mol. The Bertz CT molecular complexity index is 880. The molecule has 124 valence electrons. The summed E-state index contributed by atoms with van der Waals surface area (Å²) in [5.74, 6) is -0.507. The molecule has 3 rings (SSSR count). The average Bonchev–Trinajstić information content (AvgIpc) is 3.00. The lowest BCUT2D eigenvalue weighted by atomic mass is 10.2. The highest BCUT2D eigenvalue weighted by Crippen LogP contribution is 2.28. The Morgan fingerprint density at radius 3 is 2.96 bits per heavy atom. The molecule has 0 fully saturated rings. The van der Waals surface area contributed by atoms with Gasteiger partial charge in [-0.15, -0.1) is 0 Å². The van der Waals surface area contributed by atoms with E-state index in [0.717, 1.165) is 0 Å². The number of hydrogen-bond donors (Lipinski definition) is 3. The van der Waals surface area contributed by atoms with E-state index < -0.39 is 12.5 Å². The van der Waals surface area contributed by atoms with Crippen LogP contribution in [0.15, 0.2) is 42.7 Å². The molecule has 2 heterocycles. The number of rotatable bonds is 5. The summed E-state index contributed by atoms with van der Waals surface area (Å²) in [5.41, 5.74) is 1.54. The number of aromatic nitrogens is 2. The van der Waals surface area contributed by atoms with Crippen LogP contribution >= 0.6 is 0 Å². The van der Waals surface area contributed by atoms with Crippen molar-refractivity contribution < 1.29 is 23.4 Å². The van der Waals surface area contributed by atoms with Crippen molar-refractivity contribution in [2.45, 2.75) is 13.2 Å². The van der Waals surface area contributed by atoms with Gasteiger partial charge < -0.3 is 20.1 Å². The molecule has 0 aliphatic carbocycles. The fourth-order valence-electron chi connectivity index (χ4n) is 2.31. The van der Waals surface area contributed by atoms with Gasteiger partial charge in [-0.25, -0.2) is 0 Å². The molecule has 0 radical (unpaired) electrons. The van der Waals surface area contributed by atoms with Gasteiger partial charge in [0.15, 0.2) is 0 Å². The van der Waals surface area contributed by atoms with Crippen LogP contribution in [-0.4, -0.2) is 27.6 Å². The number of hydrogen-bond acceptors (Lipinski definition) is 4. The van der Waals surface area contributed by atoms with E-state index >= 15 is 0 Å². The number of pyridine rings is 1. The summed E-state index contributed by atoms with van der Waals surface area (Å²) in [4.78, 5) is 19.1. The van der Waals surface area contributed by atoms with Crippen LogP contribution in [0.4, 0.5) is 14.5 Å². The molecule has 0 aliphatic heterocycles. The number of nitrogens with one attached hydrogen (secondary N) is 2. The molecule has 0 unspecified atom stereocenters. The third kappa shape index (κ3) is 3.18. The van der Waals surface area contributed by atoms with Crippen molar-refractivity contribution in [3.05, 3.63) is 54.0 Å². The minimum atomic E-state index is -2.95. The number of amides is 1. The predicted octanol–water partition coefficient (Wildman–Crippen LogP) is 2.91. The number of halogens is 2. The van der Waals surface area contributed by atoms with Gasteiger partial charge in [-0.3, -0.25) is 9.78 Å². The zero-order valence-corrected chi connectivity index (χ0v) is 12.3. The lowest BCUT2D eigenvalue weighted by Crippen LogP contribution is -2.13. The highest BCUT2D eigenvalue weighted by Gasteiger charge is 2.15. The Hall–Kier alpha value is -3.00. The van der Waals surface area contributed by atoms with Crippen molar-refractivity contribution in [1.82, 2.24) is 9.97 Å². The molecule has 2 aromatic heterocycles. The molecule has 0 saturated carbocycles. The number of aliphatic hydroxyl groups excluding tert-OH is 1. The lowest BCUT2D eigenvalue weighted by molar-refractivity contribution is -0.0487. The molecular weight excluding hydrogens is 320 g/mol. The van der Waals surface area contributed by atoms with Crippen LogP contribution in [0.2, 0.25) is 0 Å². The summed E-state index contributed by atoms with van der Waals surface area (Å²) >= 11 is 0. The van der Waals surface area contributed by atoms with Gasteiger partial charge in [-0.05, 0) is 24.3 Å². The van der Waals surface area contributed by atoms with Crippen molar-refractivity contribution >= 4 is 22.5 Å². The summed E-state index contributed by atoms with van der Waals surface area (Å²) in [6, 6.07) is 7.60. The standard InChI is InChI=1S/C16H13F2N3O3/c17-16(18)24-14-3-1-2-11-10(14)6-12(20-11)15(23)21-13-7-19-5-4-9(13)8-22/h1-7,16,20,22H,8H2,(H,21,23). The first kappa shape index (κ1) is 15.9. The normalized spacial score (nSPS) is 11.0. The molecule has 0 saturated heterocycles. The largest absolute Gasteiger partial charge is 0.434 e. The molecule has 8 heteroatoms. The Labute approximate surface area is 135 Å². The first-order valence-corrected chi connectivity index (χ1v) is 7.00. The summed E-state index contributed by atoms with van der Waals surface area (Å²) < 4.78 is 29.3. The number of ether oxygens (including phenoxy) is 1. The number of fused-ring (bicyclic) bond motifs is 1. The van der Waals surface area contributed by atoms with Gasteiger partial charge in [-0.1, -0.05) is 6.07 Å². The summed E-state index contributed by atoms with van der Waals surface area (Å²) in [5, 5.41) is 12.3. The van der Waals surface area contributed by atoms with E-state index in [1.54, 1.807) is 18.2 Å². The number of carbonyl (C=O) groups is 1. The lowest BCUT2D eigenvalue weighted by Gasteiger charge is -2.07. The first-order chi connectivity index (χ1) is 11.6. The maximum atomic E-state index is 12.4. The average molecular weight is 333 g/mol. The smallest absolute Gasteiger partial charge is 0.387 e. The van der Waals surface area contributed by atoms with Gasteiger partial charge in [0.2, 0.25) is 0 Å². The van der Waals surface area contributed by atoms with Crippen LogP contribution in [0.1, 0.15) is 16.1 Å². The number of H-pyrrole nitrogens is 1. The minimum absolute atomic E-state index is 0.0183. The SMILES string of the molecule is O=C(Nc1cnccc1CO)c1cc2c(OC(F)F)cccc2[nH]1. The van der Waals surface area contributed by atoms with Gasteiger partial charge in [0.05, 0.1) is 18.5 Å². The molecule has 1 amide bonds. The van der Waals surface area contributed by atoms with Crippen molar-refractivity contribution in [3.8, 4) is 5.75 Å². The second kappa shape index (κ2) is 6.63. The number of aromatic amines is 1. The van der Waals surface area contributed by atoms with E-state index in [4.69, 9.17) is 0 Å². The fourth-order valence-corrected chi connectivity index (χ4v) is 2.31. The van der Waals surface area contributed by atoms with Crippen LogP contribution in [0, 0.1) is 0 Å². The van der Waals surface area contributed by atoms with Crippen LogP contribution < -0.4 is 10.1 Å². The second-order valence-corrected chi connectivity index (χ2v) is 4.92. The zero-order valence-electron chi connectivity index (χ0n) is 12.3. The number of alkyl halides is 2. The number of carbonyl (C=O) groups excluding carboxylic acids is 1. The summed E-state index contributed by atoms with van der Waals surface area (Å²) in [6.07, 6.45) is 2.91. The van der Waals surface area contributed by atoms with Gasteiger partial charge in [0.25, 0.3) is 5.91 Å². The van der Waals surface area contributed by atoms with Crippen LogP contribution in [0.5, 0.6) is 5.75 Å². The van der Waals surface area contributed by atoms with E-state index in [-0.39, 0.29) is 18.1 Å². The molecule has 3 aromatic rings. The molecule has 24 heavy (non-hydrogen) atoms. The highest BCUT2D eigenvalue weighted by molar-refractivity contribution is 6.06. The van der Waals surface area contributed by atoms with Crippen molar-refractivity contribution in [2.24, 2.45) is 0 Å². The van der Waals surface area contributed by atoms with Gasteiger partial charge in [0, 0.05) is 22.7 Å². The Morgan fingerprint density at radius 2 is 2.21 bits per heavy atom. The quantitative estimate of drug-likeness (QED) is 0.670. The number of benzene rings is 1. The third-order valence-corrected chi connectivity index (χ3v) is 3.41. The van der Waals surface area contributed by atoms with Gasteiger partial charge >= 0.3 is 6.61 Å². The van der Waals surface area contributed by atoms with Crippen molar-refractivity contribution in [3.63, 3.8) is 0 Å². The van der Waals surface area contributed by atoms with Crippen LogP contribution in [0.3, 0.4) is 0 Å². The number of nitrogens with zero attached hydrogens (tertiary/aromatic N) is 1. The predicted molar refractivity (Wildman–Crippen MR) is 83.0 cm³/mol. The minimum Gasteiger partial charge on any atom is -0.434 e. The van der Waals surface area contributed by atoms with Gasteiger partial charge in [0.1, 0.15) is 11.4 Å². The zero-order chi connectivity index (χ0) is 17.1. The molecule has 6 nitrogen and oxygen atoms in total. The van der Waals surface area contributed by atoms with Crippen LogP contribution in [0.25, 0.3) is 10.9 Å². The van der Waals surface area contributed by atoms with Gasteiger partial charge in [-0.2, -0.15) is 8.78 Å².